The molecule has 2 aromatic rings. The zero-order valence-corrected chi connectivity index (χ0v) is 14.3. The van der Waals surface area contributed by atoms with Crippen molar-refractivity contribution in [1.82, 2.24) is 15.0 Å². The molecule has 2 heterocycles. The largest absolute Gasteiger partial charge is 0.463 e. The number of ether oxygens (including phenoxy) is 1. The Kier molecular flexibility index (Phi) is 5.56. The maximum Gasteiger partial charge on any atom is 0.322 e. The van der Waals surface area contributed by atoms with Crippen molar-refractivity contribution >= 4 is 44.8 Å². The Bertz CT molecular complexity index is 580. The van der Waals surface area contributed by atoms with Gasteiger partial charge in [0.15, 0.2) is 0 Å². The van der Waals surface area contributed by atoms with Crippen LogP contribution in [0.2, 0.25) is 5.28 Å². The number of aromatic nitrogens is 3. The molecule has 0 N–H and O–H groups in total. The molecule has 0 spiro atoms. The SMILES string of the molecule is CCCOc1nc(Cl)nc(N(C)Cc2csc(Br)c2)n1. The van der Waals surface area contributed by atoms with Crippen LogP contribution < -0.4 is 9.64 Å². The molecule has 0 aliphatic rings. The van der Waals surface area contributed by atoms with Crippen molar-refractivity contribution in [2.45, 2.75) is 19.9 Å². The van der Waals surface area contributed by atoms with Crippen LogP contribution in [0.4, 0.5) is 5.95 Å². The Morgan fingerprint density at radius 3 is 2.85 bits per heavy atom. The van der Waals surface area contributed by atoms with Gasteiger partial charge in [-0.05, 0) is 51.0 Å². The van der Waals surface area contributed by atoms with Crippen molar-refractivity contribution in [3.63, 3.8) is 0 Å². The van der Waals surface area contributed by atoms with E-state index in [0.29, 0.717) is 19.1 Å². The lowest BCUT2D eigenvalue weighted by Gasteiger charge is -2.16. The summed E-state index contributed by atoms with van der Waals surface area (Å²) in [4.78, 5) is 14.2. The smallest absolute Gasteiger partial charge is 0.322 e. The van der Waals surface area contributed by atoms with Gasteiger partial charge in [0.2, 0.25) is 11.2 Å². The number of hydrogen-bond acceptors (Lipinski definition) is 6. The van der Waals surface area contributed by atoms with Gasteiger partial charge in [0, 0.05) is 13.6 Å². The molecule has 0 saturated carbocycles. The van der Waals surface area contributed by atoms with Gasteiger partial charge in [-0.3, -0.25) is 0 Å². The number of hydrogen-bond donors (Lipinski definition) is 0. The van der Waals surface area contributed by atoms with E-state index in [-0.39, 0.29) is 11.3 Å². The highest BCUT2D eigenvalue weighted by atomic mass is 79.9. The van der Waals surface area contributed by atoms with Gasteiger partial charge in [-0.15, -0.1) is 11.3 Å². The molecule has 8 heteroatoms. The molecule has 0 unspecified atom stereocenters. The van der Waals surface area contributed by atoms with Crippen molar-refractivity contribution in [2.24, 2.45) is 0 Å². The lowest BCUT2D eigenvalue weighted by Crippen LogP contribution is -2.19. The fourth-order valence-electron chi connectivity index (χ4n) is 1.52. The average molecular weight is 378 g/mol. The predicted molar refractivity (Wildman–Crippen MR) is 84.7 cm³/mol. The van der Waals surface area contributed by atoms with E-state index in [1.54, 1.807) is 11.3 Å². The Labute approximate surface area is 135 Å². The number of nitrogens with zero attached hydrogens (tertiary/aromatic N) is 4. The Hall–Kier alpha value is -0.920. The molecule has 0 saturated heterocycles. The van der Waals surface area contributed by atoms with Crippen molar-refractivity contribution in [2.75, 3.05) is 18.6 Å². The van der Waals surface area contributed by atoms with E-state index in [2.05, 4.69) is 42.3 Å². The number of thiophene rings is 1. The van der Waals surface area contributed by atoms with Gasteiger partial charge in [-0.2, -0.15) is 15.0 Å². The summed E-state index contributed by atoms with van der Waals surface area (Å²) in [5.74, 6) is 0.499. The third-order valence-electron chi connectivity index (χ3n) is 2.39. The van der Waals surface area contributed by atoms with Crippen LogP contribution in [0.3, 0.4) is 0 Å². The average Bonchev–Trinajstić information content (AvgIpc) is 2.81. The Morgan fingerprint density at radius 1 is 1.40 bits per heavy atom. The first-order valence-corrected chi connectivity index (χ1v) is 8.12. The normalized spacial score (nSPS) is 10.6. The second-order valence-corrected chi connectivity index (χ2v) is 6.78. The fourth-order valence-corrected chi connectivity index (χ4v) is 2.87. The highest BCUT2D eigenvalue weighted by molar-refractivity contribution is 9.11. The third-order valence-corrected chi connectivity index (χ3v) is 4.12. The van der Waals surface area contributed by atoms with E-state index in [0.717, 1.165) is 10.2 Å². The van der Waals surface area contributed by atoms with E-state index >= 15 is 0 Å². The zero-order chi connectivity index (χ0) is 14.5. The molecule has 2 aromatic heterocycles. The Morgan fingerprint density at radius 2 is 2.20 bits per heavy atom. The molecule has 0 fully saturated rings. The van der Waals surface area contributed by atoms with Gasteiger partial charge in [-0.25, -0.2) is 0 Å². The van der Waals surface area contributed by atoms with Crippen LogP contribution in [-0.2, 0) is 6.54 Å². The predicted octanol–water partition coefficient (Wildman–Crippen LogP) is 3.77. The molecule has 20 heavy (non-hydrogen) atoms. The monoisotopic (exact) mass is 376 g/mol. The molecular weight excluding hydrogens is 364 g/mol. The summed E-state index contributed by atoms with van der Waals surface area (Å²) in [7, 11) is 1.90. The van der Waals surface area contributed by atoms with Gasteiger partial charge in [0.25, 0.3) is 0 Å². The van der Waals surface area contributed by atoms with E-state index in [4.69, 9.17) is 16.3 Å². The van der Waals surface area contributed by atoms with E-state index in [1.807, 2.05) is 18.9 Å². The minimum atomic E-state index is 0.138. The maximum absolute atomic E-state index is 5.91. The van der Waals surface area contributed by atoms with Crippen LogP contribution in [0.15, 0.2) is 15.2 Å². The van der Waals surface area contributed by atoms with Gasteiger partial charge < -0.3 is 9.64 Å². The van der Waals surface area contributed by atoms with Gasteiger partial charge in [0.05, 0.1) is 10.4 Å². The van der Waals surface area contributed by atoms with Gasteiger partial charge >= 0.3 is 6.01 Å². The highest BCUT2D eigenvalue weighted by Gasteiger charge is 2.11. The lowest BCUT2D eigenvalue weighted by molar-refractivity contribution is 0.291. The topological polar surface area (TPSA) is 51.1 Å². The molecule has 0 amide bonds. The van der Waals surface area contributed by atoms with Crippen molar-refractivity contribution in [3.8, 4) is 6.01 Å². The van der Waals surface area contributed by atoms with Crippen molar-refractivity contribution in [1.29, 1.82) is 0 Å². The summed E-state index contributed by atoms with van der Waals surface area (Å²) in [5, 5.41) is 2.22. The first-order valence-electron chi connectivity index (χ1n) is 6.07. The van der Waals surface area contributed by atoms with Crippen LogP contribution in [-0.4, -0.2) is 28.6 Å². The summed E-state index contributed by atoms with van der Waals surface area (Å²) < 4.78 is 6.50. The first kappa shape index (κ1) is 15.5. The Balaban J connectivity index is 2.12. The van der Waals surface area contributed by atoms with E-state index < -0.39 is 0 Å². The van der Waals surface area contributed by atoms with E-state index in [9.17, 15) is 0 Å². The number of rotatable bonds is 6. The van der Waals surface area contributed by atoms with Crippen LogP contribution >= 0.6 is 38.9 Å². The van der Waals surface area contributed by atoms with Crippen LogP contribution in [0, 0.1) is 0 Å². The molecular formula is C12H14BrClN4OS. The fraction of sp³-hybridized carbons (Fsp3) is 0.417. The van der Waals surface area contributed by atoms with Crippen molar-refractivity contribution < 1.29 is 4.74 Å². The molecule has 5 nitrogen and oxygen atoms in total. The quantitative estimate of drug-likeness (QED) is 0.767. The lowest BCUT2D eigenvalue weighted by atomic mass is 10.3. The van der Waals surface area contributed by atoms with Crippen LogP contribution in [0.1, 0.15) is 18.9 Å². The molecule has 0 bridgehead atoms. The van der Waals surface area contributed by atoms with Crippen LogP contribution in [0.25, 0.3) is 0 Å². The van der Waals surface area contributed by atoms with Gasteiger partial charge in [0.1, 0.15) is 0 Å². The first-order chi connectivity index (χ1) is 9.58. The molecule has 0 aliphatic carbocycles. The number of halogens is 2. The zero-order valence-electron chi connectivity index (χ0n) is 11.1. The molecule has 108 valence electrons. The summed E-state index contributed by atoms with van der Waals surface area (Å²) in [5.41, 5.74) is 1.18. The molecule has 2 rings (SSSR count). The molecule has 0 aliphatic heterocycles. The summed E-state index contributed by atoms with van der Waals surface area (Å²) in [6.07, 6.45) is 0.886. The molecule has 0 aromatic carbocycles. The summed E-state index contributed by atoms with van der Waals surface area (Å²) in [6, 6.07) is 2.33. The van der Waals surface area contributed by atoms with Gasteiger partial charge in [-0.1, -0.05) is 6.92 Å². The summed E-state index contributed by atoms with van der Waals surface area (Å²) >= 11 is 11.0. The summed E-state index contributed by atoms with van der Waals surface area (Å²) in [6.45, 7) is 3.26. The molecule has 0 radical (unpaired) electrons. The molecule has 0 atom stereocenters. The highest BCUT2D eigenvalue weighted by Crippen LogP contribution is 2.23. The standard InChI is InChI=1S/C12H14BrClN4OS/c1-3-4-19-12-16-10(14)15-11(17-12)18(2)6-8-5-9(13)20-7-8/h5,7H,3-4,6H2,1-2H3. The van der Waals surface area contributed by atoms with Crippen LogP contribution in [0.5, 0.6) is 6.01 Å². The number of anilines is 1. The second-order valence-electron chi connectivity index (χ2n) is 4.15. The minimum absolute atomic E-state index is 0.138. The second kappa shape index (κ2) is 7.19. The third kappa shape index (κ3) is 4.29. The van der Waals surface area contributed by atoms with Crippen molar-refractivity contribution in [3.05, 3.63) is 26.1 Å². The minimum Gasteiger partial charge on any atom is -0.463 e. The van der Waals surface area contributed by atoms with E-state index in [1.165, 1.54) is 5.56 Å². The maximum atomic E-state index is 5.91.